The first-order chi connectivity index (χ1) is 14.3. The average Bonchev–Trinajstić information content (AvgIpc) is 2.76. The van der Waals surface area contributed by atoms with E-state index in [2.05, 4.69) is 10.6 Å². The maximum atomic E-state index is 13.0. The minimum absolute atomic E-state index is 0.0210. The number of hydrogen-bond donors (Lipinski definition) is 4. The molecule has 0 aromatic heterocycles. The summed E-state index contributed by atoms with van der Waals surface area (Å²) in [5.74, 6) is -1.29. The second kappa shape index (κ2) is 14.1. The lowest BCUT2D eigenvalue weighted by atomic mass is 9.98. The monoisotopic (exact) mass is 438 g/mol. The molecule has 168 valence electrons. The summed E-state index contributed by atoms with van der Waals surface area (Å²) in [6.45, 7) is 4.36. The maximum absolute atomic E-state index is 13.0. The normalized spacial score (nSPS) is 15.0. The molecule has 8 heteroatoms. The summed E-state index contributed by atoms with van der Waals surface area (Å²) in [5.41, 5.74) is 12.4. The van der Waals surface area contributed by atoms with Crippen LogP contribution in [0.15, 0.2) is 30.3 Å². The van der Waals surface area contributed by atoms with Crippen LogP contribution in [0.2, 0.25) is 0 Å². The largest absolute Gasteiger partial charge is 0.344 e. The summed E-state index contributed by atoms with van der Waals surface area (Å²) in [6.07, 6.45) is 2.93. The highest BCUT2D eigenvalue weighted by molar-refractivity contribution is 6.28. The maximum Gasteiger partial charge on any atom is 0.243 e. The molecule has 7 nitrogen and oxygen atoms in total. The lowest BCUT2D eigenvalue weighted by molar-refractivity contribution is -0.132. The average molecular weight is 439 g/mol. The van der Waals surface area contributed by atoms with Crippen LogP contribution in [0.5, 0.6) is 0 Å². The standard InChI is InChI=1S/C22H35ClN4O3/c1-3-15(2)20(25)22(30)27-18(13-16-9-5-4-6-10-16)21(29)26-17(19(28)14-23)11-7-8-12-24/h4-6,9-10,15,17-18,20H,3,7-8,11-14,24-25H2,1-2H3,(H,26,29)(H,27,30)/t15-,17?,18-,20-/m0/s1. The van der Waals surface area contributed by atoms with Crippen molar-refractivity contribution < 1.29 is 14.4 Å². The van der Waals surface area contributed by atoms with Crippen LogP contribution in [0.3, 0.4) is 0 Å². The summed E-state index contributed by atoms with van der Waals surface area (Å²) in [5, 5.41) is 5.53. The molecule has 0 aliphatic rings. The van der Waals surface area contributed by atoms with E-state index in [1.807, 2.05) is 44.2 Å². The number of hydrogen-bond acceptors (Lipinski definition) is 5. The molecule has 1 unspecified atom stereocenters. The van der Waals surface area contributed by atoms with Gasteiger partial charge in [0.15, 0.2) is 5.78 Å². The Hall–Kier alpha value is -1.96. The number of ketones is 1. The van der Waals surface area contributed by atoms with Gasteiger partial charge in [-0.05, 0) is 37.3 Å². The molecule has 4 atom stereocenters. The van der Waals surface area contributed by atoms with Crippen molar-refractivity contribution in [3.05, 3.63) is 35.9 Å². The van der Waals surface area contributed by atoms with Crippen LogP contribution in [0.25, 0.3) is 0 Å². The van der Waals surface area contributed by atoms with E-state index >= 15 is 0 Å². The Bertz CT molecular complexity index is 672. The number of alkyl halides is 1. The highest BCUT2D eigenvalue weighted by atomic mass is 35.5. The molecule has 0 aliphatic heterocycles. The first-order valence-corrected chi connectivity index (χ1v) is 11.1. The zero-order chi connectivity index (χ0) is 22.5. The van der Waals surface area contributed by atoms with Crippen molar-refractivity contribution in [1.82, 2.24) is 10.6 Å². The van der Waals surface area contributed by atoms with E-state index in [1.54, 1.807) is 0 Å². The van der Waals surface area contributed by atoms with Gasteiger partial charge >= 0.3 is 0 Å². The van der Waals surface area contributed by atoms with Gasteiger partial charge in [-0.2, -0.15) is 0 Å². The molecule has 1 aromatic carbocycles. The number of benzene rings is 1. The lowest BCUT2D eigenvalue weighted by Gasteiger charge is -2.25. The fourth-order valence-electron chi connectivity index (χ4n) is 3.01. The summed E-state index contributed by atoms with van der Waals surface area (Å²) in [4.78, 5) is 37.8. The van der Waals surface area contributed by atoms with Gasteiger partial charge in [-0.3, -0.25) is 14.4 Å². The summed E-state index contributed by atoms with van der Waals surface area (Å²) < 4.78 is 0. The summed E-state index contributed by atoms with van der Waals surface area (Å²) in [7, 11) is 0. The zero-order valence-corrected chi connectivity index (χ0v) is 18.7. The molecule has 0 radical (unpaired) electrons. The summed E-state index contributed by atoms with van der Waals surface area (Å²) in [6, 6.07) is 7.09. The third-order valence-electron chi connectivity index (χ3n) is 5.26. The van der Waals surface area contributed by atoms with Gasteiger partial charge in [-0.15, -0.1) is 11.6 Å². The van der Waals surface area contributed by atoms with Crippen LogP contribution in [-0.2, 0) is 20.8 Å². The Morgan fingerprint density at radius 1 is 1.03 bits per heavy atom. The van der Waals surface area contributed by atoms with Crippen LogP contribution in [0.4, 0.5) is 0 Å². The number of nitrogens with two attached hydrogens (primary N) is 2. The van der Waals surface area contributed by atoms with Crippen LogP contribution >= 0.6 is 11.6 Å². The molecule has 0 heterocycles. The first kappa shape index (κ1) is 26.1. The predicted molar refractivity (Wildman–Crippen MR) is 120 cm³/mol. The van der Waals surface area contributed by atoms with E-state index in [9.17, 15) is 14.4 Å². The first-order valence-electron chi connectivity index (χ1n) is 10.5. The number of carbonyl (C=O) groups is 3. The SMILES string of the molecule is CC[C@H](C)[C@H](N)C(=O)N[C@@H](Cc1ccccc1)C(=O)NC(CCCCN)C(=O)CCl. The van der Waals surface area contributed by atoms with E-state index in [0.717, 1.165) is 18.4 Å². The van der Waals surface area contributed by atoms with E-state index in [-0.39, 0.29) is 29.9 Å². The van der Waals surface area contributed by atoms with Crippen molar-refractivity contribution in [3.8, 4) is 0 Å². The quantitative estimate of drug-likeness (QED) is 0.258. The van der Waals surface area contributed by atoms with Gasteiger partial charge in [0.2, 0.25) is 11.8 Å². The van der Waals surface area contributed by atoms with Crippen LogP contribution in [0.1, 0.15) is 45.1 Å². The molecule has 0 aliphatic carbocycles. The van der Waals surface area contributed by atoms with Gasteiger partial charge < -0.3 is 22.1 Å². The summed E-state index contributed by atoms with van der Waals surface area (Å²) >= 11 is 5.72. The third-order valence-corrected chi connectivity index (χ3v) is 5.52. The van der Waals surface area contributed by atoms with Gasteiger partial charge in [0, 0.05) is 6.42 Å². The molecule has 0 spiro atoms. The molecule has 1 aromatic rings. The molecule has 2 amide bonds. The van der Waals surface area contributed by atoms with E-state index in [4.69, 9.17) is 23.1 Å². The number of nitrogens with one attached hydrogen (secondary N) is 2. The fraction of sp³-hybridized carbons (Fsp3) is 0.591. The van der Waals surface area contributed by atoms with Gasteiger partial charge in [-0.25, -0.2) is 0 Å². The van der Waals surface area contributed by atoms with Crippen molar-refractivity contribution in [2.75, 3.05) is 12.4 Å². The molecular formula is C22H35ClN4O3. The molecule has 1 rings (SSSR count). The zero-order valence-electron chi connectivity index (χ0n) is 17.9. The van der Waals surface area contributed by atoms with Crippen molar-refractivity contribution in [1.29, 1.82) is 0 Å². The molecule has 0 saturated heterocycles. The Labute approximate surface area is 184 Å². The van der Waals surface area contributed by atoms with Gasteiger partial charge in [0.05, 0.1) is 18.0 Å². The van der Waals surface area contributed by atoms with Crippen molar-refractivity contribution in [2.24, 2.45) is 17.4 Å². The number of Topliss-reactive ketones (excluding diaryl/α,β-unsaturated/α-hetero) is 1. The highest BCUT2D eigenvalue weighted by Gasteiger charge is 2.29. The second-order valence-corrected chi connectivity index (χ2v) is 7.88. The molecule has 6 N–H and O–H groups in total. The molecule has 0 bridgehead atoms. The number of halogens is 1. The van der Waals surface area contributed by atoms with Crippen LogP contribution in [-0.4, -0.2) is 48.1 Å². The fourth-order valence-corrected chi connectivity index (χ4v) is 3.20. The van der Waals surface area contributed by atoms with Crippen LogP contribution < -0.4 is 22.1 Å². The number of rotatable bonds is 14. The minimum Gasteiger partial charge on any atom is -0.344 e. The Morgan fingerprint density at radius 3 is 2.23 bits per heavy atom. The molecule has 0 fully saturated rings. The highest BCUT2D eigenvalue weighted by Crippen LogP contribution is 2.09. The minimum atomic E-state index is -0.852. The second-order valence-electron chi connectivity index (χ2n) is 7.61. The Balaban J connectivity index is 2.95. The third kappa shape index (κ3) is 8.81. The smallest absolute Gasteiger partial charge is 0.243 e. The van der Waals surface area contributed by atoms with Gasteiger partial charge in [0.1, 0.15) is 6.04 Å². The Kier molecular flexibility index (Phi) is 12.3. The van der Waals surface area contributed by atoms with E-state index in [0.29, 0.717) is 19.4 Å². The van der Waals surface area contributed by atoms with E-state index < -0.39 is 24.0 Å². The number of carbonyl (C=O) groups excluding carboxylic acids is 3. The number of amides is 2. The lowest BCUT2D eigenvalue weighted by Crippen LogP contribution is -2.56. The number of unbranched alkanes of at least 4 members (excludes halogenated alkanes) is 1. The Morgan fingerprint density at radius 2 is 1.67 bits per heavy atom. The molecule has 0 saturated carbocycles. The topological polar surface area (TPSA) is 127 Å². The predicted octanol–water partition coefficient (Wildman–Crippen LogP) is 1.51. The molecular weight excluding hydrogens is 404 g/mol. The van der Waals surface area contributed by atoms with Crippen molar-refractivity contribution in [2.45, 2.75) is 64.1 Å². The van der Waals surface area contributed by atoms with Gasteiger partial charge in [0.25, 0.3) is 0 Å². The molecule has 30 heavy (non-hydrogen) atoms. The van der Waals surface area contributed by atoms with Crippen molar-refractivity contribution >= 4 is 29.2 Å². The van der Waals surface area contributed by atoms with Crippen molar-refractivity contribution in [3.63, 3.8) is 0 Å². The van der Waals surface area contributed by atoms with Crippen LogP contribution in [0, 0.1) is 5.92 Å². The van der Waals surface area contributed by atoms with Gasteiger partial charge in [-0.1, -0.05) is 50.6 Å². The van der Waals surface area contributed by atoms with E-state index in [1.165, 1.54) is 0 Å².